The lowest BCUT2D eigenvalue weighted by Crippen LogP contribution is -2.54. The molecule has 2 aliphatic heterocycles. The van der Waals surface area contributed by atoms with Crippen LogP contribution in [-0.4, -0.2) is 48.4 Å². The van der Waals surface area contributed by atoms with Crippen LogP contribution in [0.3, 0.4) is 0 Å². The normalized spacial score (nSPS) is 25.9. The van der Waals surface area contributed by atoms with E-state index < -0.39 is 0 Å². The van der Waals surface area contributed by atoms with Gasteiger partial charge in [0.1, 0.15) is 0 Å². The molecule has 164 valence electrons. The predicted molar refractivity (Wildman–Crippen MR) is 127 cm³/mol. The third-order valence-corrected chi connectivity index (χ3v) is 8.05. The lowest BCUT2D eigenvalue weighted by Gasteiger charge is -2.44. The van der Waals surface area contributed by atoms with Crippen LogP contribution in [0, 0.1) is 5.92 Å². The summed E-state index contributed by atoms with van der Waals surface area (Å²) < 4.78 is 0. The maximum absolute atomic E-state index is 13.8. The van der Waals surface area contributed by atoms with Crippen molar-refractivity contribution in [1.82, 2.24) is 9.80 Å². The van der Waals surface area contributed by atoms with E-state index in [0.717, 1.165) is 69.3 Å². The van der Waals surface area contributed by atoms with Gasteiger partial charge in [-0.15, -0.1) is 0 Å². The molecule has 1 aliphatic carbocycles. The van der Waals surface area contributed by atoms with Gasteiger partial charge in [-0.3, -0.25) is 4.79 Å². The number of carbonyl (C=O) groups excluding carboxylic acids is 1. The second-order valence-electron chi connectivity index (χ2n) is 9.76. The number of nitrogens with zero attached hydrogens (tertiary/aromatic N) is 2. The molecule has 2 aromatic rings. The molecule has 3 nitrogen and oxygen atoms in total. The molecule has 2 aromatic carbocycles. The number of carbonyl (C=O) groups is 1. The number of hydrogen-bond acceptors (Lipinski definition) is 2. The highest BCUT2D eigenvalue weighted by Gasteiger charge is 2.46. The molecule has 2 heterocycles. The van der Waals surface area contributed by atoms with Crippen LogP contribution in [0.2, 0.25) is 5.02 Å². The quantitative estimate of drug-likeness (QED) is 0.618. The second kappa shape index (κ2) is 8.96. The van der Waals surface area contributed by atoms with Gasteiger partial charge in [-0.25, -0.2) is 0 Å². The molecular formula is C27H33ClN2O. The number of halogens is 1. The lowest BCUT2D eigenvalue weighted by atomic mass is 9.71. The van der Waals surface area contributed by atoms with E-state index in [4.69, 9.17) is 11.6 Å². The highest BCUT2D eigenvalue weighted by atomic mass is 35.5. The molecule has 0 radical (unpaired) electrons. The Morgan fingerprint density at radius 3 is 2.26 bits per heavy atom. The molecule has 0 unspecified atom stereocenters. The van der Waals surface area contributed by atoms with Crippen molar-refractivity contribution in [1.29, 1.82) is 0 Å². The van der Waals surface area contributed by atoms with E-state index >= 15 is 0 Å². The minimum Gasteiger partial charge on any atom is -0.342 e. The number of amides is 1. The molecule has 1 saturated carbocycles. The standard InChI is InChI=1S/C27H33ClN2O/c28-24-11-9-21(10-12-24)25-19-22(25)20-29-17-13-27(14-18-29,23-7-3-1-4-8-23)26(31)30-15-5-2-6-16-30/h1,3-4,7-12,22,25H,2,5-6,13-20H2/t22-,25+/m0/s1. The fourth-order valence-corrected chi connectivity index (χ4v) is 5.93. The van der Waals surface area contributed by atoms with E-state index in [1.807, 2.05) is 12.1 Å². The lowest BCUT2D eigenvalue weighted by molar-refractivity contribution is -0.140. The van der Waals surface area contributed by atoms with Gasteiger partial charge in [-0.2, -0.15) is 0 Å². The average Bonchev–Trinajstić information content (AvgIpc) is 3.60. The van der Waals surface area contributed by atoms with Crippen molar-refractivity contribution in [2.24, 2.45) is 5.92 Å². The molecule has 0 bridgehead atoms. The fraction of sp³-hybridized carbons (Fsp3) is 0.519. The van der Waals surface area contributed by atoms with Gasteiger partial charge in [0.2, 0.25) is 5.91 Å². The smallest absolute Gasteiger partial charge is 0.233 e. The van der Waals surface area contributed by atoms with Crippen molar-refractivity contribution in [2.75, 3.05) is 32.7 Å². The summed E-state index contributed by atoms with van der Waals surface area (Å²) in [6.07, 6.45) is 6.70. The first-order valence-corrected chi connectivity index (χ1v) is 12.4. The number of benzene rings is 2. The van der Waals surface area contributed by atoms with Gasteiger partial charge in [0, 0.05) is 24.7 Å². The van der Waals surface area contributed by atoms with Crippen molar-refractivity contribution in [3.63, 3.8) is 0 Å². The first-order chi connectivity index (χ1) is 15.2. The summed E-state index contributed by atoms with van der Waals surface area (Å²) in [7, 11) is 0. The van der Waals surface area contributed by atoms with Crippen molar-refractivity contribution in [2.45, 2.75) is 49.9 Å². The van der Waals surface area contributed by atoms with Crippen LogP contribution in [0.15, 0.2) is 54.6 Å². The van der Waals surface area contributed by atoms with Crippen LogP contribution in [0.1, 0.15) is 55.6 Å². The van der Waals surface area contributed by atoms with Crippen LogP contribution in [-0.2, 0) is 10.2 Å². The van der Waals surface area contributed by atoms with Gasteiger partial charge >= 0.3 is 0 Å². The Labute approximate surface area is 191 Å². The summed E-state index contributed by atoms with van der Waals surface area (Å²) in [6, 6.07) is 19.0. The molecule has 0 spiro atoms. The molecule has 4 heteroatoms. The molecule has 5 rings (SSSR count). The molecule has 3 fully saturated rings. The second-order valence-corrected chi connectivity index (χ2v) is 10.2. The predicted octanol–water partition coefficient (Wildman–Crippen LogP) is 5.49. The summed E-state index contributed by atoms with van der Waals surface area (Å²) in [4.78, 5) is 18.5. The van der Waals surface area contributed by atoms with Gasteiger partial charge in [-0.05, 0) is 86.7 Å². The summed E-state index contributed by atoms with van der Waals surface area (Å²) >= 11 is 6.05. The van der Waals surface area contributed by atoms with Crippen LogP contribution < -0.4 is 0 Å². The summed E-state index contributed by atoms with van der Waals surface area (Å²) in [5, 5.41) is 0.813. The minimum atomic E-state index is -0.339. The fourth-order valence-electron chi connectivity index (χ4n) is 5.80. The molecular weight excluding hydrogens is 404 g/mol. The summed E-state index contributed by atoms with van der Waals surface area (Å²) in [5.74, 6) is 1.79. The molecule has 3 aliphatic rings. The van der Waals surface area contributed by atoms with Crippen molar-refractivity contribution < 1.29 is 4.79 Å². The Kier molecular flexibility index (Phi) is 6.08. The third kappa shape index (κ3) is 4.40. The first kappa shape index (κ1) is 21.0. The molecule has 2 atom stereocenters. The number of rotatable bonds is 5. The minimum absolute atomic E-state index is 0.339. The van der Waals surface area contributed by atoms with Gasteiger partial charge in [0.25, 0.3) is 0 Å². The topological polar surface area (TPSA) is 23.6 Å². The number of likely N-dealkylation sites (tertiary alicyclic amines) is 2. The Bertz CT molecular complexity index is 883. The average molecular weight is 437 g/mol. The molecule has 2 saturated heterocycles. The van der Waals surface area contributed by atoms with Gasteiger partial charge in [0.05, 0.1) is 5.41 Å². The largest absolute Gasteiger partial charge is 0.342 e. The van der Waals surface area contributed by atoms with Crippen LogP contribution in [0.4, 0.5) is 0 Å². The van der Waals surface area contributed by atoms with E-state index in [9.17, 15) is 4.79 Å². The Morgan fingerprint density at radius 2 is 1.58 bits per heavy atom. The van der Waals surface area contributed by atoms with Crippen LogP contribution in [0.5, 0.6) is 0 Å². The zero-order valence-electron chi connectivity index (χ0n) is 18.3. The Morgan fingerprint density at radius 1 is 0.903 bits per heavy atom. The van der Waals surface area contributed by atoms with E-state index in [1.165, 1.54) is 24.0 Å². The maximum atomic E-state index is 13.8. The van der Waals surface area contributed by atoms with Crippen molar-refractivity contribution in [3.8, 4) is 0 Å². The van der Waals surface area contributed by atoms with E-state index in [-0.39, 0.29) is 5.41 Å². The van der Waals surface area contributed by atoms with Crippen LogP contribution in [0.25, 0.3) is 0 Å². The third-order valence-electron chi connectivity index (χ3n) is 7.80. The highest BCUT2D eigenvalue weighted by molar-refractivity contribution is 6.30. The van der Waals surface area contributed by atoms with Crippen molar-refractivity contribution in [3.05, 3.63) is 70.7 Å². The molecule has 31 heavy (non-hydrogen) atoms. The van der Waals surface area contributed by atoms with Gasteiger partial charge in [0.15, 0.2) is 0 Å². The Hall–Kier alpha value is -1.84. The zero-order chi connectivity index (χ0) is 21.3. The molecule has 0 N–H and O–H groups in total. The SMILES string of the molecule is O=C(N1CCCCC1)C1(c2ccccc2)CCN(C[C@@H]2C[C@@H]2c2ccc(Cl)cc2)CC1. The maximum Gasteiger partial charge on any atom is 0.233 e. The summed E-state index contributed by atoms with van der Waals surface area (Å²) in [5.41, 5.74) is 2.30. The van der Waals surface area contributed by atoms with Gasteiger partial charge < -0.3 is 9.80 Å². The zero-order valence-corrected chi connectivity index (χ0v) is 19.1. The first-order valence-electron chi connectivity index (χ1n) is 12.0. The van der Waals surface area contributed by atoms with Crippen LogP contribution >= 0.6 is 11.6 Å². The van der Waals surface area contributed by atoms with E-state index in [1.54, 1.807) is 0 Å². The molecule has 0 aromatic heterocycles. The highest BCUT2D eigenvalue weighted by Crippen LogP contribution is 2.48. The molecule has 1 amide bonds. The van der Waals surface area contributed by atoms with Gasteiger partial charge in [-0.1, -0.05) is 54.1 Å². The monoisotopic (exact) mass is 436 g/mol. The number of piperidine rings is 2. The van der Waals surface area contributed by atoms with Crippen molar-refractivity contribution >= 4 is 17.5 Å². The Balaban J connectivity index is 1.25. The number of hydrogen-bond donors (Lipinski definition) is 0. The summed E-state index contributed by atoms with van der Waals surface area (Å²) in [6.45, 7) is 5.04. The van der Waals surface area contributed by atoms with E-state index in [2.05, 4.69) is 52.3 Å². The van der Waals surface area contributed by atoms with E-state index in [0.29, 0.717) is 11.8 Å².